The largest absolute Gasteiger partial charge is 0.345 e. The molecule has 6 heteroatoms. The van der Waals surface area contributed by atoms with E-state index in [1.165, 1.54) is 11.3 Å². The Morgan fingerprint density at radius 2 is 2.33 bits per heavy atom. The highest BCUT2D eigenvalue weighted by molar-refractivity contribution is 7.16. The van der Waals surface area contributed by atoms with Crippen LogP contribution in [-0.4, -0.2) is 17.4 Å². The Labute approximate surface area is 132 Å². The van der Waals surface area contributed by atoms with Crippen molar-refractivity contribution in [3.63, 3.8) is 0 Å². The van der Waals surface area contributed by atoms with E-state index >= 15 is 0 Å². The molecule has 2 aromatic heterocycles. The van der Waals surface area contributed by atoms with Gasteiger partial charge in [-0.1, -0.05) is 23.4 Å². The molecule has 0 fully saturated rings. The molecule has 4 nitrogen and oxygen atoms in total. The molecule has 0 saturated heterocycles. The van der Waals surface area contributed by atoms with Crippen LogP contribution in [0.1, 0.15) is 33.8 Å². The van der Waals surface area contributed by atoms with Crippen LogP contribution < -0.4 is 11.1 Å². The Kier molecular flexibility index (Phi) is 5.34. The van der Waals surface area contributed by atoms with Gasteiger partial charge in [0, 0.05) is 17.3 Å². The quantitative estimate of drug-likeness (QED) is 0.854. The van der Waals surface area contributed by atoms with Crippen LogP contribution in [0.25, 0.3) is 0 Å². The second-order valence-corrected chi connectivity index (χ2v) is 6.01. The monoisotopic (exact) mass is 319 g/mol. The fourth-order valence-electron chi connectivity index (χ4n) is 1.74. The van der Waals surface area contributed by atoms with Crippen molar-refractivity contribution in [1.29, 1.82) is 0 Å². The average molecular weight is 320 g/mol. The van der Waals surface area contributed by atoms with Crippen molar-refractivity contribution in [2.75, 3.05) is 6.54 Å². The highest BCUT2D eigenvalue weighted by atomic mass is 35.5. The molecule has 2 aromatic rings. The maximum absolute atomic E-state index is 12.4. The summed E-state index contributed by atoms with van der Waals surface area (Å²) in [6.07, 6.45) is 3.12. The number of carbonyl (C=O) groups is 1. The number of amides is 1. The van der Waals surface area contributed by atoms with Gasteiger partial charge >= 0.3 is 0 Å². The summed E-state index contributed by atoms with van der Waals surface area (Å²) in [7, 11) is 0. The van der Waals surface area contributed by atoms with Crippen molar-refractivity contribution in [1.82, 2.24) is 10.3 Å². The maximum atomic E-state index is 12.4. The van der Waals surface area contributed by atoms with Crippen LogP contribution in [0, 0.1) is 11.8 Å². The summed E-state index contributed by atoms with van der Waals surface area (Å²) in [6.45, 7) is 2.15. The third-order valence-corrected chi connectivity index (χ3v) is 4.17. The van der Waals surface area contributed by atoms with Gasteiger partial charge in [0.05, 0.1) is 28.0 Å². The van der Waals surface area contributed by atoms with E-state index in [9.17, 15) is 4.79 Å². The lowest BCUT2D eigenvalue weighted by molar-refractivity contribution is 0.0940. The van der Waals surface area contributed by atoms with Gasteiger partial charge in [0.1, 0.15) is 0 Å². The smallest absolute Gasteiger partial charge is 0.253 e. The summed E-state index contributed by atoms with van der Waals surface area (Å²) >= 11 is 7.35. The molecule has 0 saturated carbocycles. The van der Waals surface area contributed by atoms with Crippen molar-refractivity contribution in [2.45, 2.75) is 13.0 Å². The van der Waals surface area contributed by atoms with Crippen molar-refractivity contribution >= 4 is 28.8 Å². The number of rotatable bonds is 3. The molecule has 0 aromatic carbocycles. The number of aromatic nitrogens is 1. The molecule has 2 heterocycles. The van der Waals surface area contributed by atoms with Crippen LogP contribution in [-0.2, 0) is 0 Å². The number of carbonyl (C=O) groups excluding carboxylic acids is 1. The van der Waals surface area contributed by atoms with Crippen LogP contribution in [0.3, 0.4) is 0 Å². The first-order valence-corrected chi connectivity index (χ1v) is 7.50. The highest BCUT2D eigenvalue weighted by Gasteiger charge is 2.15. The summed E-state index contributed by atoms with van der Waals surface area (Å²) in [6, 6.07) is 5.23. The topological polar surface area (TPSA) is 68.0 Å². The van der Waals surface area contributed by atoms with Crippen molar-refractivity contribution in [3.8, 4) is 11.8 Å². The minimum atomic E-state index is -0.198. The van der Waals surface area contributed by atoms with E-state index in [4.69, 9.17) is 17.3 Å². The summed E-state index contributed by atoms with van der Waals surface area (Å²) in [4.78, 5) is 17.3. The average Bonchev–Trinajstić information content (AvgIpc) is 2.92. The maximum Gasteiger partial charge on any atom is 0.253 e. The first-order chi connectivity index (χ1) is 10.1. The van der Waals surface area contributed by atoms with Crippen molar-refractivity contribution in [2.24, 2.45) is 5.73 Å². The molecule has 1 amide bonds. The zero-order valence-electron chi connectivity index (χ0n) is 11.4. The summed E-state index contributed by atoms with van der Waals surface area (Å²) in [5, 5.41) is 2.93. The van der Waals surface area contributed by atoms with E-state index < -0.39 is 0 Å². The first kappa shape index (κ1) is 15.5. The Bertz CT molecular complexity index is 702. The van der Waals surface area contributed by atoms with Crippen LogP contribution in [0.2, 0.25) is 4.34 Å². The molecule has 0 radical (unpaired) electrons. The molecule has 1 atom stereocenters. The second-order valence-electron chi connectivity index (χ2n) is 4.26. The van der Waals surface area contributed by atoms with Gasteiger partial charge in [-0.25, -0.2) is 0 Å². The molecule has 0 aliphatic heterocycles. The SMILES string of the molecule is CC(NC(=O)c1ccncc1C#CCN)c1ccc(Cl)s1. The minimum absolute atomic E-state index is 0.126. The fraction of sp³-hybridized carbons (Fsp3) is 0.200. The lowest BCUT2D eigenvalue weighted by Gasteiger charge is -2.12. The van der Waals surface area contributed by atoms with Crippen LogP contribution >= 0.6 is 22.9 Å². The Hall–Kier alpha value is -1.87. The first-order valence-electron chi connectivity index (χ1n) is 6.31. The van der Waals surface area contributed by atoms with E-state index in [-0.39, 0.29) is 18.5 Å². The number of nitrogens with zero attached hydrogens (tertiary/aromatic N) is 1. The summed E-state index contributed by atoms with van der Waals surface area (Å²) < 4.78 is 0.699. The number of thiophene rings is 1. The standard InChI is InChI=1S/C15H14ClN3OS/c1-10(13-4-5-14(16)21-13)19-15(20)12-6-8-18-9-11(12)3-2-7-17/h4-6,8-10H,7,17H2,1H3,(H,19,20). The lowest BCUT2D eigenvalue weighted by Crippen LogP contribution is -2.26. The summed E-state index contributed by atoms with van der Waals surface area (Å²) in [5.41, 5.74) is 6.41. The normalized spacial score (nSPS) is 11.4. The molecule has 2 rings (SSSR count). The van der Waals surface area contributed by atoms with Crippen molar-refractivity contribution < 1.29 is 4.79 Å². The molecular weight excluding hydrogens is 306 g/mol. The number of nitrogens with two attached hydrogens (primary N) is 1. The molecule has 1 unspecified atom stereocenters. The molecule has 108 valence electrons. The van der Waals surface area contributed by atoms with Gasteiger partial charge in [-0.3, -0.25) is 9.78 Å². The Morgan fingerprint density at radius 3 is 3.00 bits per heavy atom. The van der Waals surface area contributed by atoms with Crippen LogP contribution in [0.4, 0.5) is 0 Å². The third-order valence-electron chi connectivity index (χ3n) is 2.76. The van der Waals surface area contributed by atoms with Gasteiger partial charge in [0.25, 0.3) is 5.91 Å². The molecule has 0 aliphatic carbocycles. The van der Waals surface area contributed by atoms with Crippen LogP contribution in [0.5, 0.6) is 0 Å². The van der Waals surface area contributed by atoms with Crippen LogP contribution in [0.15, 0.2) is 30.6 Å². The van der Waals surface area contributed by atoms with E-state index in [2.05, 4.69) is 22.1 Å². The van der Waals surface area contributed by atoms with E-state index in [0.29, 0.717) is 15.5 Å². The molecular formula is C15H14ClN3OS. The zero-order valence-corrected chi connectivity index (χ0v) is 13.0. The van der Waals surface area contributed by atoms with E-state index in [1.807, 2.05) is 19.1 Å². The fourth-order valence-corrected chi connectivity index (χ4v) is 2.81. The molecule has 0 aliphatic rings. The van der Waals surface area contributed by atoms with E-state index in [1.54, 1.807) is 18.5 Å². The number of halogens is 1. The van der Waals surface area contributed by atoms with Gasteiger partial charge in [-0.05, 0) is 25.1 Å². The number of hydrogen-bond donors (Lipinski definition) is 2. The predicted octanol–water partition coefficient (Wildman–Crippen LogP) is 2.60. The van der Waals surface area contributed by atoms with Crippen molar-refractivity contribution in [3.05, 3.63) is 50.9 Å². The predicted molar refractivity (Wildman–Crippen MR) is 85.4 cm³/mol. The van der Waals surface area contributed by atoms with Gasteiger partial charge in [0.2, 0.25) is 0 Å². The van der Waals surface area contributed by atoms with Gasteiger partial charge in [0.15, 0.2) is 0 Å². The Balaban J connectivity index is 2.17. The van der Waals surface area contributed by atoms with Gasteiger partial charge in [-0.2, -0.15) is 0 Å². The molecule has 0 spiro atoms. The molecule has 3 N–H and O–H groups in total. The third kappa shape index (κ3) is 4.05. The second kappa shape index (κ2) is 7.23. The number of nitrogens with one attached hydrogen (secondary N) is 1. The number of pyridine rings is 1. The highest BCUT2D eigenvalue weighted by Crippen LogP contribution is 2.26. The van der Waals surface area contributed by atoms with Gasteiger partial charge in [-0.15, -0.1) is 11.3 Å². The van der Waals surface area contributed by atoms with E-state index in [0.717, 1.165) is 4.88 Å². The number of hydrogen-bond acceptors (Lipinski definition) is 4. The summed E-state index contributed by atoms with van der Waals surface area (Å²) in [5.74, 6) is 5.39. The van der Waals surface area contributed by atoms with Gasteiger partial charge < -0.3 is 11.1 Å². The Morgan fingerprint density at radius 1 is 1.52 bits per heavy atom. The molecule has 21 heavy (non-hydrogen) atoms. The molecule has 0 bridgehead atoms. The zero-order chi connectivity index (χ0) is 15.2. The minimum Gasteiger partial charge on any atom is -0.345 e. The lowest BCUT2D eigenvalue weighted by atomic mass is 10.1.